The van der Waals surface area contributed by atoms with Crippen molar-refractivity contribution in [2.24, 2.45) is 0 Å². The van der Waals surface area contributed by atoms with Crippen LogP contribution in [0.5, 0.6) is 0 Å². The van der Waals surface area contributed by atoms with E-state index in [0.29, 0.717) is 5.82 Å². The highest BCUT2D eigenvalue weighted by atomic mass is 79.9. The molecule has 0 bridgehead atoms. The SMILES string of the molecule is Cc1nc(NC(=O)c2cccc(Cl)n2)ccc1Br. The van der Waals surface area contributed by atoms with Crippen molar-refractivity contribution in [2.75, 3.05) is 5.32 Å². The Hall–Kier alpha value is -1.46. The van der Waals surface area contributed by atoms with Gasteiger partial charge in [0.1, 0.15) is 16.7 Å². The monoisotopic (exact) mass is 325 g/mol. The number of carbonyl (C=O) groups excluding carboxylic acids is 1. The third kappa shape index (κ3) is 3.05. The molecule has 2 aromatic heterocycles. The van der Waals surface area contributed by atoms with Gasteiger partial charge >= 0.3 is 0 Å². The van der Waals surface area contributed by atoms with E-state index in [9.17, 15) is 4.79 Å². The number of halogens is 2. The van der Waals surface area contributed by atoms with Gasteiger partial charge in [0.25, 0.3) is 5.91 Å². The molecule has 4 nitrogen and oxygen atoms in total. The second kappa shape index (κ2) is 5.46. The normalized spacial score (nSPS) is 10.2. The molecule has 92 valence electrons. The summed E-state index contributed by atoms with van der Waals surface area (Å²) < 4.78 is 0.890. The van der Waals surface area contributed by atoms with Crippen LogP contribution in [-0.4, -0.2) is 15.9 Å². The van der Waals surface area contributed by atoms with E-state index < -0.39 is 0 Å². The number of hydrogen-bond acceptors (Lipinski definition) is 3. The molecule has 0 aliphatic rings. The van der Waals surface area contributed by atoms with Crippen LogP contribution in [0, 0.1) is 6.92 Å². The van der Waals surface area contributed by atoms with Gasteiger partial charge in [-0.2, -0.15) is 0 Å². The van der Waals surface area contributed by atoms with Crippen molar-refractivity contribution in [3.05, 3.63) is 51.3 Å². The lowest BCUT2D eigenvalue weighted by Crippen LogP contribution is -2.14. The molecule has 0 aromatic carbocycles. The number of aryl methyl sites for hydroxylation is 1. The minimum Gasteiger partial charge on any atom is -0.305 e. The number of hydrogen-bond donors (Lipinski definition) is 1. The average molecular weight is 327 g/mol. The molecule has 0 radical (unpaired) electrons. The fraction of sp³-hybridized carbons (Fsp3) is 0.0833. The van der Waals surface area contributed by atoms with Gasteiger partial charge in [-0.25, -0.2) is 9.97 Å². The van der Waals surface area contributed by atoms with Gasteiger partial charge in [-0.1, -0.05) is 17.7 Å². The van der Waals surface area contributed by atoms with Crippen LogP contribution < -0.4 is 5.32 Å². The Morgan fingerprint density at radius 1 is 1.28 bits per heavy atom. The van der Waals surface area contributed by atoms with Crippen LogP contribution in [0.15, 0.2) is 34.8 Å². The number of rotatable bonds is 2. The van der Waals surface area contributed by atoms with Crippen molar-refractivity contribution in [1.29, 1.82) is 0 Å². The van der Waals surface area contributed by atoms with Crippen molar-refractivity contribution < 1.29 is 4.79 Å². The second-order valence-electron chi connectivity index (χ2n) is 3.56. The summed E-state index contributed by atoms with van der Waals surface area (Å²) in [4.78, 5) is 20.0. The molecule has 1 N–H and O–H groups in total. The number of aromatic nitrogens is 2. The average Bonchev–Trinajstić information content (AvgIpc) is 2.34. The summed E-state index contributed by atoms with van der Waals surface area (Å²) in [6.07, 6.45) is 0. The molecule has 0 unspecified atom stereocenters. The maximum atomic E-state index is 11.9. The topological polar surface area (TPSA) is 54.9 Å². The zero-order valence-corrected chi connectivity index (χ0v) is 11.8. The number of carbonyl (C=O) groups is 1. The van der Waals surface area contributed by atoms with Crippen molar-refractivity contribution in [1.82, 2.24) is 9.97 Å². The number of amides is 1. The summed E-state index contributed by atoms with van der Waals surface area (Å²) in [5.41, 5.74) is 1.05. The minimum absolute atomic E-state index is 0.255. The molecule has 1 amide bonds. The molecule has 0 atom stereocenters. The lowest BCUT2D eigenvalue weighted by Gasteiger charge is -2.05. The lowest BCUT2D eigenvalue weighted by atomic mass is 10.3. The Kier molecular flexibility index (Phi) is 3.93. The van der Waals surface area contributed by atoms with Gasteiger partial charge in [-0.15, -0.1) is 0 Å². The fourth-order valence-corrected chi connectivity index (χ4v) is 1.71. The summed E-state index contributed by atoms with van der Waals surface area (Å²) in [5.74, 6) is 0.134. The standard InChI is InChI=1S/C12H9BrClN3O/c1-7-8(13)5-6-11(15-7)17-12(18)9-3-2-4-10(14)16-9/h2-6H,1H3,(H,15,17,18). The molecular formula is C12H9BrClN3O. The summed E-state index contributed by atoms with van der Waals surface area (Å²) in [7, 11) is 0. The van der Waals surface area contributed by atoms with E-state index in [0.717, 1.165) is 10.2 Å². The van der Waals surface area contributed by atoms with Crippen LogP contribution in [0.2, 0.25) is 5.15 Å². The summed E-state index contributed by atoms with van der Waals surface area (Å²) in [6.45, 7) is 1.84. The van der Waals surface area contributed by atoms with Crippen LogP contribution in [0.4, 0.5) is 5.82 Å². The highest BCUT2D eigenvalue weighted by molar-refractivity contribution is 9.10. The maximum absolute atomic E-state index is 11.9. The molecule has 2 rings (SSSR count). The summed E-state index contributed by atoms with van der Waals surface area (Å²) >= 11 is 9.07. The Morgan fingerprint density at radius 3 is 2.72 bits per heavy atom. The van der Waals surface area contributed by atoms with E-state index in [4.69, 9.17) is 11.6 Å². The summed E-state index contributed by atoms with van der Waals surface area (Å²) in [6, 6.07) is 8.40. The van der Waals surface area contributed by atoms with E-state index in [1.807, 2.05) is 13.0 Å². The number of anilines is 1. The van der Waals surface area contributed by atoms with Crippen LogP contribution in [0.25, 0.3) is 0 Å². The smallest absolute Gasteiger partial charge is 0.275 e. The van der Waals surface area contributed by atoms with E-state index in [2.05, 4.69) is 31.2 Å². The molecule has 2 aromatic rings. The molecule has 0 aliphatic carbocycles. The van der Waals surface area contributed by atoms with Gasteiger partial charge in [-0.05, 0) is 47.1 Å². The fourth-order valence-electron chi connectivity index (χ4n) is 1.33. The summed E-state index contributed by atoms with van der Waals surface area (Å²) in [5, 5.41) is 2.94. The van der Waals surface area contributed by atoms with E-state index in [1.54, 1.807) is 24.3 Å². The van der Waals surface area contributed by atoms with E-state index in [-0.39, 0.29) is 16.8 Å². The molecule has 18 heavy (non-hydrogen) atoms. The largest absolute Gasteiger partial charge is 0.305 e. The van der Waals surface area contributed by atoms with Crippen LogP contribution in [0.1, 0.15) is 16.2 Å². The van der Waals surface area contributed by atoms with Gasteiger partial charge in [0.15, 0.2) is 0 Å². The first-order valence-electron chi connectivity index (χ1n) is 5.13. The van der Waals surface area contributed by atoms with E-state index >= 15 is 0 Å². The first-order valence-corrected chi connectivity index (χ1v) is 6.30. The zero-order valence-electron chi connectivity index (χ0n) is 9.45. The Balaban J connectivity index is 2.18. The molecule has 2 heterocycles. The maximum Gasteiger partial charge on any atom is 0.275 e. The van der Waals surface area contributed by atoms with Crippen molar-refractivity contribution in [2.45, 2.75) is 6.92 Å². The quantitative estimate of drug-likeness (QED) is 0.860. The van der Waals surface area contributed by atoms with Crippen LogP contribution >= 0.6 is 27.5 Å². The predicted octanol–water partition coefficient (Wildman–Crippen LogP) is 3.45. The minimum atomic E-state index is -0.341. The van der Waals surface area contributed by atoms with Crippen molar-refractivity contribution in [3.63, 3.8) is 0 Å². The number of nitrogens with one attached hydrogen (secondary N) is 1. The molecule has 0 saturated heterocycles. The highest BCUT2D eigenvalue weighted by Gasteiger charge is 2.09. The van der Waals surface area contributed by atoms with Crippen molar-refractivity contribution >= 4 is 39.3 Å². The molecular weight excluding hydrogens is 318 g/mol. The third-order valence-corrected chi connectivity index (χ3v) is 3.26. The first-order chi connectivity index (χ1) is 8.56. The Labute approximate surface area is 118 Å². The third-order valence-electron chi connectivity index (χ3n) is 2.21. The lowest BCUT2D eigenvalue weighted by molar-refractivity contribution is 0.102. The van der Waals surface area contributed by atoms with Gasteiger partial charge in [-0.3, -0.25) is 4.79 Å². The molecule has 0 spiro atoms. The van der Waals surface area contributed by atoms with Crippen molar-refractivity contribution in [3.8, 4) is 0 Å². The Bertz CT molecular complexity index is 604. The van der Waals surface area contributed by atoms with Gasteiger partial charge in [0.2, 0.25) is 0 Å². The highest BCUT2D eigenvalue weighted by Crippen LogP contribution is 2.16. The Morgan fingerprint density at radius 2 is 2.06 bits per heavy atom. The van der Waals surface area contributed by atoms with Gasteiger partial charge in [0, 0.05) is 4.47 Å². The molecule has 0 saturated carbocycles. The van der Waals surface area contributed by atoms with Crippen LogP contribution in [-0.2, 0) is 0 Å². The molecule has 0 fully saturated rings. The van der Waals surface area contributed by atoms with Gasteiger partial charge < -0.3 is 5.32 Å². The van der Waals surface area contributed by atoms with Crippen LogP contribution in [0.3, 0.4) is 0 Å². The molecule has 6 heteroatoms. The predicted molar refractivity (Wildman–Crippen MR) is 73.9 cm³/mol. The molecule has 0 aliphatic heterocycles. The first kappa shape index (κ1) is 13.0. The second-order valence-corrected chi connectivity index (χ2v) is 4.80. The van der Waals surface area contributed by atoms with E-state index in [1.165, 1.54) is 0 Å². The zero-order chi connectivity index (χ0) is 13.1. The van der Waals surface area contributed by atoms with Gasteiger partial charge in [0.05, 0.1) is 5.69 Å². The number of nitrogens with zero attached hydrogens (tertiary/aromatic N) is 2. The number of pyridine rings is 2.